The molecule has 2 aliphatic rings. The number of amides is 1. The number of hydroxylamine groups is 3. The van der Waals surface area contributed by atoms with Crippen LogP contribution in [0.4, 0.5) is 16.2 Å². The number of anilines is 2. The molecular formula is C21H26ClN3O3. The van der Waals surface area contributed by atoms with Crippen molar-refractivity contribution in [3.05, 3.63) is 58.8 Å². The van der Waals surface area contributed by atoms with Crippen LogP contribution in [-0.4, -0.2) is 37.5 Å². The molecular weight excluding hydrogens is 378 g/mol. The largest absolute Gasteiger partial charge is 0.631 e. The Morgan fingerprint density at radius 3 is 2.64 bits per heavy atom. The predicted octanol–water partition coefficient (Wildman–Crippen LogP) is 4.41. The van der Waals surface area contributed by atoms with E-state index in [1.54, 1.807) is 13.1 Å². The molecule has 0 radical (unpaired) electrons. The molecule has 1 amide bonds. The van der Waals surface area contributed by atoms with E-state index in [0.717, 1.165) is 23.2 Å². The molecule has 1 fully saturated rings. The first-order valence-electron chi connectivity index (χ1n) is 9.20. The summed E-state index contributed by atoms with van der Waals surface area (Å²) >= 11 is 0. The van der Waals surface area contributed by atoms with Crippen LogP contribution < -0.4 is 15.0 Å². The van der Waals surface area contributed by atoms with E-state index in [-0.39, 0.29) is 28.6 Å². The molecule has 3 atom stereocenters. The van der Waals surface area contributed by atoms with Crippen molar-refractivity contribution in [1.29, 1.82) is 0 Å². The average molecular weight is 404 g/mol. The zero-order chi connectivity index (χ0) is 19.4. The molecule has 2 aliphatic heterocycles. The molecule has 0 spiro atoms. The number of nitrogens with one attached hydrogen (secondary N) is 1. The molecule has 1 N–H and O–H groups in total. The molecule has 2 heterocycles. The summed E-state index contributed by atoms with van der Waals surface area (Å²) in [5.74, 6) is 0.487. The molecule has 1 saturated heterocycles. The standard InChI is InChI=1S/C21H25N3O3.ClH/c1-14-5-7-15(8-6-14)22-20(25)27-16-9-10-18-17(13-16)21(2)11-12-24(4,26)19(21)23(18)3;/h5-10,13,19H,11-12H2,1-4H3,(H,22,25);1H/t19-,21-,24?;/m0./s1. The Morgan fingerprint density at radius 2 is 1.96 bits per heavy atom. The second kappa shape index (κ2) is 6.95. The first kappa shape index (κ1) is 20.5. The predicted molar refractivity (Wildman–Crippen MR) is 113 cm³/mol. The zero-order valence-corrected chi connectivity index (χ0v) is 17.4. The van der Waals surface area contributed by atoms with Crippen LogP contribution in [0.5, 0.6) is 5.75 Å². The Morgan fingerprint density at radius 1 is 1.29 bits per heavy atom. The molecule has 2 aromatic rings. The van der Waals surface area contributed by atoms with E-state index in [4.69, 9.17) is 4.74 Å². The Labute approximate surface area is 171 Å². The van der Waals surface area contributed by atoms with E-state index in [1.165, 1.54) is 0 Å². The normalized spacial score (nSPS) is 27.6. The quantitative estimate of drug-likeness (QED) is 0.595. The molecule has 0 aliphatic carbocycles. The molecule has 28 heavy (non-hydrogen) atoms. The van der Waals surface area contributed by atoms with Gasteiger partial charge in [-0.2, -0.15) is 0 Å². The number of hydrogen-bond donors (Lipinski definition) is 1. The van der Waals surface area contributed by atoms with Crippen LogP contribution in [0.3, 0.4) is 0 Å². The van der Waals surface area contributed by atoms with Crippen molar-refractivity contribution in [1.82, 2.24) is 0 Å². The maximum absolute atomic E-state index is 12.9. The minimum absolute atomic E-state index is 0. The summed E-state index contributed by atoms with van der Waals surface area (Å²) in [6.45, 7) is 4.72. The molecule has 150 valence electrons. The number of quaternary nitrogens is 1. The number of carbonyl (C=O) groups excluding carboxylic acids is 1. The van der Waals surface area contributed by atoms with Crippen LogP contribution >= 0.6 is 12.4 Å². The van der Waals surface area contributed by atoms with Gasteiger partial charge in [-0.1, -0.05) is 17.7 Å². The van der Waals surface area contributed by atoms with Crippen LogP contribution in [0, 0.1) is 12.1 Å². The third-order valence-corrected chi connectivity index (χ3v) is 6.00. The van der Waals surface area contributed by atoms with Crippen molar-refractivity contribution in [2.45, 2.75) is 31.8 Å². The monoisotopic (exact) mass is 403 g/mol. The van der Waals surface area contributed by atoms with Crippen LogP contribution in [0.2, 0.25) is 0 Å². The fraction of sp³-hybridized carbons (Fsp3) is 0.381. The third kappa shape index (κ3) is 3.21. The van der Waals surface area contributed by atoms with Crippen molar-refractivity contribution in [3.8, 4) is 5.75 Å². The number of nitrogens with zero attached hydrogens (tertiary/aromatic N) is 2. The maximum Gasteiger partial charge on any atom is 0.417 e. The number of likely N-dealkylation sites (tertiary alicyclic amines) is 1. The minimum atomic E-state index is -0.525. The summed E-state index contributed by atoms with van der Waals surface area (Å²) in [4.78, 5) is 14.3. The maximum atomic E-state index is 12.9. The van der Waals surface area contributed by atoms with Crippen LogP contribution in [-0.2, 0) is 5.41 Å². The van der Waals surface area contributed by atoms with Crippen molar-refractivity contribution >= 4 is 29.9 Å². The van der Waals surface area contributed by atoms with Gasteiger partial charge in [-0.25, -0.2) is 4.79 Å². The van der Waals surface area contributed by atoms with Gasteiger partial charge in [0, 0.05) is 24.8 Å². The van der Waals surface area contributed by atoms with Gasteiger partial charge in [0.2, 0.25) is 0 Å². The fourth-order valence-corrected chi connectivity index (χ4v) is 4.74. The number of benzene rings is 2. The summed E-state index contributed by atoms with van der Waals surface area (Å²) in [6, 6.07) is 13.2. The van der Waals surface area contributed by atoms with Crippen LogP contribution in [0.25, 0.3) is 0 Å². The van der Waals surface area contributed by atoms with Crippen molar-refractivity contribution in [2.24, 2.45) is 0 Å². The van der Waals surface area contributed by atoms with Gasteiger partial charge < -0.3 is 19.5 Å². The number of halogens is 1. The SMILES string of the molecule is Cc1ccc(NC(=O)Oc2ccc3c(c2)[C@]2(C)CC[N+](C)([O-])[C@@H]2N3C)cc1.Cl. The van der Waals surface area contributed by atoms with E-state index >= 15 is 0 Å². The topological polar surface area (TPSA) is 64.6 Å². The van der Waals surface area contributed by atoms with E-state index in [2.05, 4.69) is 17.1 Å². The van der Waals surface area contributed by atoms with Gasteiger partial charge >= 0.3 is 6.09 Å². The highest BCUT2D eigenvalue weighted by Crippen LogP contribution is 2.54. The smallest absolute Gasteiger partial charge is 0.417 e. The highest BCUT2D eigenvalue weighted by molar-refractivity contribution is 5.86. The van der Waals surface area contributed by atoms with Gasteiger partial charge in [0.1, 0.15) is 5.75 Å². The second-order valence-electron chi connectivity index (χ2n) is 8.11. The van der Waals surface area contributed by atoms with Gasteiger partial charge in [0.15, 0.2) is 6.17 Å². The molecule has 7 heteroatoms. The van der Waals surface area contributed by atoms with Crippen molar-refractivity contribution in [3.63, 3.8) is 0 Å². The van der Waals surface area contributed by atoms with Crippen molar-refractivity contribution in [2.75, 3.05) is 30.9 Å². The first-order chi connectivity index (χ1) is 12.7. The second-order valence-corrected chi connectivity index (χ2v) is 8.11. The third-order valence-electron chi connectivity index (χ3n) is 6.00. The van der Waals surface area contributed by atoms with Gasteiger partial charge in [0.05, 0.1) is 19.0 Å². The number of carbonyl (C=O) groups is 1. The Kier molecular flexibility index (Phi) is 5.08. The van der Waals surface area contributed by atoms with Crippen LogP contribution in [0.15, 0.2) is 42.5 Å². The van der Waals surface area contributed by atoms with Crippen LogP contribution in [0.1, 0.15) is 24.5 Å². The Bertz CT molecular complexity index is 900. The molecule has 1 unspecified atom stereocenters. The molecule has 0 aromatic heterocycles. The lowest BCUT2D eigenvalue weighted by Gasteiger charge is -2.44. The number of likely N-dealkylation sites (N-methyl/N-ethyl adjacent to an activating group) is 2. The summed E-state index contributed by atoms with van der Waals surface area (Å²) in [6.07, 6.45) is 0.139. The Balaban J connectivity index is 0.00000225. The van der Waals surface area contributed by atoms with E-state index in [0.29, 0.717) is 18.0 Å². The molecule has 4 rings (SSSR count). The van der Waals surface area contributed by atoms with Gasteiger partial charge in [-0.3, -0.25) is 5.32 Å². The van der Waals surface area contributed by atoms with Crippen molar-refractivity contribution < 1.29 is 14.2 Å². The Hall–Kier alpha value is -2.28. The lowest BCUT2D eigenvalue weighted by molar-refractivity contribution is -0.874. The van der Waals surface area contributed by atoms with E-state index < -0.39 is 6.09 Å². The van der Waals surface area contributed by atoms with Gasteiger partial charge in [-0.05, 0) is 49.7 Å². The van der Waals surface area contributed by atoms with E-state index in [9.17, 15) is 10.0 Å². The number of hydrogen-bond acceptors (Lipinski definition) is 4. The summed E-state index contributed by atoms with van der Waals surface area (Å²) in [5.41, 5.74) is 3.68. The van der Waals surface area contributed by atoms with Gasteiger partial charge in [-0.15, -0.1) is 12.4 Å². The summed E-state index contributed by atoms with van der Waals surface area (Å²) < 4.78 is 5.23. The lowest BCUT2D eigenvalue weighted by atomic mass is 9.81. The molecule has 0 bridgehead atoms. The molecule has 0 saturated carbocycles. The molecule has 2 aromatic carbocycles. The first-order valence-corrected chi connectivity index (χ1v) is 9.20. The summed E-state index contributed by atoms with van der Waals surface area (Å²) in [5, 5.41) is 15.6. The highest BCUT2D eigenvalue weighted by atomic mass is 35.5. The summed E-state index contributed by atoms with van der Waals surface area (Å²) in [7, 11) is 3.71. The lowest BCUT2D eigenvalue weighted by Crippen LogP contribution is -2.54. The van der Waals surface area contributed by atoms with Gasteiger partial charge in [0.25, 0.3) is 0 Å². The number of aryl methyl sites for hydroxylation is 1. The molecule has 6 nitrogen and oxygen atoms in total. The average Bonchev–Trinajstić information content (AvgIpc) is 2.99. The number of rotatable bonds is 2. The zero-order valence-electron chi connectivity index (χ0n) is 16.6. The number of fused-ring (bicyclic) bond motifs is 3. The highest BCUT2D eigenvalue weighted by Gasteiger charge is 2.58. The fourth-order valence-electron chi connectivity index (χ4n) is 4.74. The number of ether oxygens (including phenoxy) is 1. The minimum Gasteiger partial charge on any atom is -0.631 e. The van der Waals surface area contributed by atoms with E-state index in [1.807, 2.05) is 50.4 Å².